The maximum atomic E-state index is 2.35. The molecule has 0 saturated carbocycles. The van der Waals surface area contributed by atoms with Crippen LogP contribution < -0.4 is 10.6 Å². The van der Waals surface area contributed by atoms with Gasteiger partial charge < -0.3 is 4.90 Å². The number of nitrogens with zero attached hydrogens (tertiary/aromatic N) is 1. The zero-order chi connectivity index (χ0) is 13.0. The first-order valence-electron chi connectivity index (χ1n) is 6.20. The Balaban J connectivity index is 2.33. The normalized spacial score (nSPS) is 12.7. The first kappa shape index (κ1) is 13.3. The summed E-state index contributed by atoms with van der Waals surface area (Å²) in [5.74, 6) is 0. The van der Waals surface area contributed by atoms with Gasteiger partial charge in [0, 0.05) is 6.54 Å². The van der Waals surface area contributed by atoms with E-state index in [2.05, 4.69) is 80.3 Å². The van der Waals surface area contributed by atoms with E-state index in [1.54, 1.807) is 0 Å². The molecule has 0 fully saturated rings. The molecule has 2 heteroatoms. The summed E-state index contributed by atoms with van der Waals surface area (Å²) in [5.41, 5.74) is 1.44. The second-order valence-electron chi connectivity index (χ2n) is 4.76. The molecular weight excluding hydrogens is 237 g/mol. The quantitative estimate of drug-likeness (QED) is 0.761. The van der Waals surface area contributed by atoms with Gasteiger partial charge in [-0.15, -0.1) is 0 Å². The molecule has 0 aliphatic carbocycles. The number of hydrogen-bond acceptors (Lipinski definition) is 1. The monoisotopic (exact) mass is 257 g/mol. The highest BCUT2D eigenvalue weighted by Gasteiger charge is 2.11. The van der Waals surface area contributed by atoms with Crippen molar-refractivity contribution in [2.45, 2.75) is 6.54 Å². The third-order valence-corrected chi connectivity index (χ3v) is 5.21. The van der Waals surface area contributed by atoms with Crippen LogP contribution in [0.5, 0.6) is 0 Å². The Morgan fingerprint density at radius 3 is 2.17 bits per heavy atom. The Labute approximate surface area is 111 Å². The van der Waals surface area contributed by atoms with Crippen LogP contribution in [0, 0.1) is 0 Å². The first-order chi connectivity index (χ1) is 8.68. The van der Waals surface area contributed by atoms with Crippen molar-refractivity contribution in [1.82, 2.24) is 4.90 Å². The van der Waals surface area contributed by atoms with Crippen molar-refractivity contribution in [2.24, 2.45) is 0 Å². The summed E-state index contributed by atoms with van der Waals surface area (Å²) in [7, 11) is 4.00. The van der Waals surface area contributed by atoms with Crippen molar-refractivity contribution in [3.63, 3.8) is 0 Å². The second kappa shape index (κ2) is 6.13. The smallest absolute Gasteiger partial charge is 0.0234 e. The van der Waals surface area contributed by atoms with E-state index in [-0.39, 0.29) is 7.92 Å². The maximum absolute atomic E-state index is 2.35. The molecule has 0 aliphatic rings. The van der Waals surface area contributed by atoms with Crippen molar-refractivity contribution in [3.8, 4) is 0 Å². The predicted molar refractivity (Wildman–Crippen MR) is 82.4 cm³/mol. The molecule has 2 rings (SSSR count). The summed E-state index contributed by atoms with van der Waals surface area (Å²) in [5, 5.41) is 2.94. The molecule has 0 radical (unpaired) electrons. The van der Waals surface area contributed by atoms with Crippen LogP contribution in [0.1, 0.15) is 5.56 Å². The Kier molecular flexibility index (Phi) is 4.52. The number of hydrogen-bond donors (Lipinski definition) is 0. The standard InChI is InChI=1S/C16H20NP/c1-17(2)13-14-9-7-8-12-16(14)18(3)15-10-5-4-6-11-15/h4-12H,13H2,1-3H3. The van der Waals surface area contributed by atoms with Crippen LogP contribution in [-0.2, 0) is 6.54 Å². The Morgan fingerprint density at radius 2 is 1.50 bits per heavy atom. The van der Waals surface area contributed by atoms with Crippen molar-refractivity contribution >= 4 is 18.5 Å². The topological polar surface area (TPSA) is 3.24 Å². The van der Waals surface area contributed by atoms with Gasteiger partial charge in [0.05, 0.1) is 0 Å². The second-order valence-corrected chi connectivity index (χ2v) is 6.88. The molecule has 0 saturated heterocycles. The molecule has 1 unspecified atom stereocenters. The minimum Gasteiger partial charge on any atom is -0.305 e. The SMILES string of the molecule is CN(C)Cc1ccccc1P(C)c1ccccc1. The summed E-state index contributed by atoms with van der Waals surface area (Å²) < 4.78 is 0. The highest BCUT2D eigenvalue weighted by atomic mass is 31.1. The molecule has 0 heterocycles. The molecule has 0 amide bonds. The summed E-state index contributed by atoms with van der Waals surface area (Å²) in [6.45, 7) is 3.36. The van der Waals surface area contributed by atoms with Gasteiger partial charge >= 0.3 is 0 Å². The minimum atomic E-state index is -0.249. The van der Waals surface area contributed by atoms with Gasteiger partial charge in [0.2, 0.25) is 0 Å². The van der Waals surface area contributed by atoms with Gasteiger partial charge in [-0.25, -0.2) is 0 Å². The lowest BCUT2D eigenvalue weighted by atomic mass is 10.2. The van der Waals surface area contributed by atoms with Gasteiger partial charge in [0.1, 0.15) is 0 Å². The molecular formula is C16H20NP. The molecule has 1 nitrogen and oxygen atoms in total. The fourth-order valence-electron chi connectivity index (χ4n) is 2.10. The number of benzene rings is 2. The summed E-state index contributed by atoms with van der Waals surface area (Å²) >= 11 is 0. The van der Waals surface area contributed by atoms with Gasteiger partial charge in [0.15, 0.2) is 0 Å². The summed E-state index contributed by atoms with van der Waals surface area (Å²) in [4.78, 5) is 2.23. The lowest BCUT2D eigenvalue weighted by molar-refractivity contribution is 0.403. The van der Waals surface area contributed by atoms with Gasteiger partial charge in [-0.05, 0) is 44.9 Å². The molecule has 2 aromatic carbocycles. The van der Waals surface area contributed by atoms with Crippen LogP contribution in [0.2, 0.25) is 0 Å². The van der Waals surface area contributed by atoms with Crippen molar-refractivity contribution in [2.75, 3.05) is 20.8 Å². The fourth-order valence-corrected chi connectivity index (χ4v) is 3.89. The third-order valence-electron chi connectivity index (χ3n) is 2.98. The van der Waals surface area contributed by atoms with E-state index in [0.29, 0.717) is 0 Å². The molecule has 18 heavy (non-hydrogen) atoms. The molecule has 0 N–H and O–H groups in total. The minimum absolute atomic E-state index is 0.249. The highest BCUT2D eigenvalue weighted by Crippen LogP contribution is 2.30. The van der Waals surface area contributed by atoms with Crippen molar-refractivity contribution in [3.05, 3.63) is 60.2 Å². The lowest BCUT2D eigenvalue weighted by Crippen LogP contribution is -2.20. The Bertz CT molecular complexity index is 493. The molecule has 0 aromatic heterocycles. The van der Waals surface area contributed by atoms with Crippen molar-refractivity contribution in [1.29, 1.82) is 0 Å². The van der Waals surface area contributed by atoms with Gasteiger partial charge in [-0.2, -0.15) is 0 Å². The van der Waals surface area contributed by atoms with E-state index in [9.17, 15) is 0 Å². The number of rotatable bonds is 4. The Morgan fingerprint density at radius 1 is 0.889 bits per heavy atom. The van der Waals surface area contributed by atoms with E-state index < -0.39 is 0 Å². The Hall–Kier alpha value is -1.17. The fraction of sp³-hybridized carbons (Fsp3) is 0.250. The van der Waals surface area contributed by atoms with Crippen LogP contribution in [0.25, 0.3) is 0 Å². The highest BCUT2D eigenvalue weighted by molar-refractivity contribution is 7.72. The lowest BCUT2D eigenvalue weighted by Gasteiger charge is -2.19. The van der Waals surface area contributed by atoms with Crippen LogP contribution in [0.4, 0.5) is 0 Å². The average molecular weight is 257 g/mol. The van der Waals surface area contributed by atoms with E-state index in [1.807, 2.05) is 0 Å². The van der Waals surface area contributed by atoms with Crippen LogP contribution in [-0.4, -0.2) is 25.7 Å². The molecule has 1 atom stereocenters. The summed E-state index contributed by atoms with van der Waals surface area (Å²) in [6.07, 6.45) is 0. The van der Waals surface area contributed by atoms with Crippen LogP contribution in [0.15, 0.2) is 54.6 Å². The largest absolute Gasteiger partial charge is 0.305 e. The molecule has 0 bridgehead atoms. The van der Waals surface area contributed by atoms with Crippen LogP contribution in [0.3, 0.4) is 0 Å². The van der Waals surface area contributed by atoms with Gasteiger partial charge in [-0.1, -0.05) is 54.6 Å². The van der Waals surface area contributed by atoms with Gasteiger partial charge in [0.25, 0.3) is 0 Å². The van der Waals surface area contributed by atoms with E-state index in [4.69, 9.17) is 0 Å². The van der Waals surface area contributed by atoms with E-state index in [1.165, 1.54) is 16.2 Å². The predicted octanol–water partition coefficient (Wildman–Crippen LogP) is 2.81. The summed E-state index contributed by atoms with van der Waals surface area (Å²) in [6, 6.07) is 19.6. The van der Waals surface area contributed by atoms with Crippen molar-refractivity contribution < 1.29 is 0 Å². The van der Waals surface area contributed by atoms with E-state index >= 15 is 0 Å². The van der Waals surface area contributed by atoms with E-state index in [0.717, 1.165) is 6.54 Å². The third kappa shape index (κ3) is 3.19. The zero-order valence-electron chi connectivity index (χ0n) is 11.3. The van der Waals surface area contributed by atoms with Crippen LogP contribution >= 0.6 is 7.92 Å². The molecule has 0 spiro atoms. The first-order valence-corrected chi connectivity index (χ1v) is 7.99. The molecule has 0 aliphatic heterocycles. The maximum Gasteiger partial charge on any atom is 0.0234 e. The molecule has 2 aromatic rings. The van der Waals surface area contributed by atoms with Gasteiger partial charge in [-0.3, -0.25) is 0 Å². The molecule has 94 valence electrons. The average Bonchev–Trinajstić information content (AvgIpc) is 2.39. The zero-order valence-corrected chi connectivity index (χ0v) is 12.2.